The zero-order chi connectivity index (χ0) is 24.2. The largest absolute Gasteiger partial charge is 0.379 e. The number of aromatic nitrogens is 4. The van der Waals surface area contributed by atoms with Gasteiger partial charge in [-0.25, -0.2) is 9.66 Å². The molecule has 8 nitrogen and oxygen atoms in total. The number of hydrogen-bond donors (Lipinski definition) is 0. The van der Waals surface area contributed by atoms with Crippen molar-refractivity contribution >= 4 is 11.8 Å². The average Bonchev–Trinajstić information content (AvgIpc) is 3.52. The minimum absolute atomic E-state index is 0.211. The summed E-state index contributed by atoms with van der Waals surface area (Å²) in [5, 5.41) is 9.56. The average molecular weight is 478 g/mol. The molecule has 3 atom stereocenters. The van der Waals surface area contributed by atoms with Crippen molar-refractivity contribution in [1.29, 1.82) is 0 Å². The standard InChI is InChI=1S/C27H39N7O/c1-4-25(8-9-31(3)20-32-10-12-35-13-11-32)33-19-24(17-29-33)23-15-27-28-18-26(34(27)30-16-23)22-7-5-6-21(2)14-22/h5,7,14,16-19,21,23,25H,4,6,8-13,15,20H2,1-3H3. The minimum Gasteiger partial charge on any atom is -0.379 e. The number of imidazole rings is 1. The fraction of sp³-hybridized carbons (Fsp3) is 0.593. The summed E-state index contributed by atoms with van der Waals surface area (Å²) in [6.45, 7) is 10.3. The first-order valence-electron chi connectivity index (χ1n) is 13.1. The number of hydrogen-bond acceptors (Lipinski definition) is 6. The molecule has 0 aromatic carbocycles. The molecular formula is C27H39N7O. The molecule has 188 valence electrons. The van der Waals surface area contributed by atoms with Crippen LogP contribution in [0.2, 0.25) is 0 Å². The van der Waals surface area contributed by atoms with Crippen molar-refractivity contribution in [1.82, 2.24) is 29.2 Å². The molecule has 1 aliphatic carbocycles. The van der Waals surface area contributed by atoms with Crippen LogP contribution in [0.1, 0.15) is 62.2 Å². The molecule has 1 saturated heterocycles. The Morgan fingerprint density at radius 1 is 1.23 bits per heavy atom. The van der Waals surface area contributed by atoms with Crippen molar-refractivity contribution in [3.05, 3.63) is 53.9 Å². The van der Waals surface area contributed by atoms with Crippen LogP contribution in [0.5, 0.6) is 0 Å². The van der Waals surface area contributed by atoms with Gasteiger partial charge in [0.1, 0.15) is 5.82 Å². The summed E-state index contributed by atoms with van der Waals surface area (Å²) in [4.78, 5) is 9.60. The summed E-state index contributed by atoms with van der Waals surface area (Å²) >= 11 is 0. The van der Waals surface area contributed by atoms with Gasteiger partial charge in [-0.15, -0.1) is 0 Å². The Kier molecular flexibility index (Phi) is 7.60. The molecule has 4 heterocycles. The summed E-state index contributed by atoms with van der Waals surface area (Å²) in [5.41, 5.74) is 3.52. The second kappa shape index (κ2) is 11.0. The van der Waals surface area contributed by atoms with Crippen LogP contribution in [-0.2, 0) is 11.2 Å². The molecule has 1 fully saturated rings. The Hall–Kier alpha value is -2.55. The van der Waals surface area contributed by atoms with Crippen LogP contribution >= 0.6 is 0 Å². The van der Waals surface area contributed by atoms with E-state index >= 15 is 0 Å². The molecule has 5 rings (SSSR count). The zero-order valence-electron chi connectivity index (χ0n) is 21.4. The normalized spacial score (nSPS) is 23.5. The summed E-state index contributed by atoms with van der Waals surface area (Å²) in [5.74, 6) is 1.78. The van der Waals surface area contributed by atoms with Crippen molar-refractivity contribution in [3.8, 4) is 0 Å². The van der Waals surface area contributed by atoms with Gasteiger partial charge >= 0.3 is 0 Å². The molecule has 3 aliphatic rings. The van der Waals surface area contributed by atoms with E-state index in [1.165, 1.54) is 11.1 Å². The lowest BCUT2D eigenvalue weighted by molar-refractivity contribution is 0.0140. The van der Waals surface area contributed by atoms with Crippen LogP contribution < -0.4 is 0 Å². The third-order valence-corrected chi connectivity index (χ3v) is 7.42. The number of fused-ring (bicyclic) bond motifs is 1. The third-order valence-electron chi connectivity index (χ3n) is 7.42. The number of allylic oxidation sites excluding steroid dienone is 4. The molecule has 0 spiro atoms. The molecule has 0 N–H and O–H groups in total. The highest BCUT2D eigenvalue weighted by atomic mass is 16.5. The first kappa shape index (κ1) is 24.2. The maximum absolute atomic E-state index is 5.47. The second-order valence-corrected chi connectivity index (χ2v) is 10.2. The van der Waals surface area contributed by atoms with Gasteiger partial charge < -0.3 is 4.74 Å². The van der Waals surface area contributed by atoms with Crippen molar-refractivity contribution in [2.45, 2.75) is 51.5 Å². The van der Waals surface area contributed by atoms with E-state index in [0.717, 1.165) is 76.7 Å². The van der Waals surface area contributed by atoms with Gasteiger partial charge in [-0.1, -0.05) is 32.1 Å². The number of rotatable bonds is 9. The highest BCUT2D eigenvalue weighted by Gasteiger charge is 2.24. The Bertz CT molecular complexity index is 1080. The Labute approximate surface area is 209 Å². The molecule has 8 heteroatoms. The fourth-order valence-electron chi connectivity index (χ4n) is 5.25. The molecule has 2 aliphatic heterocycles. The summed E-state index contributed by atoms with van der Waals surface area (Å²) in [6.07, 6.45) is 19.1. The predicted molar refractivity (Wildman–Crippen MR) is 140 cm³/mol. The van der Waals surface area contributed by atoms with E-state index in [9.17, 15) is 0 Å². The van der Waals surface area contributed by atoms with Gasteiger partial charge in [-0.2, -0.15) is 10.2 Å². The van der Waals surface area contributed by atoms with Crippen LogP contribution in [0.25, 0.3) is 5.57 Å². The van der Waals surface area contributed by atoms with Crippen molar-refractivity contribution in [3.63, 3.8) is 0 Å². The van der Waals surface area contributed by atoms with Crippen LogP contribution in [-0.4, -0.2) is 82.0 Å². The molecule has 2 aromatic rings. The summed E-state index contributed by atoms with van der Waals surface area (Å²) < 4.78 is 9.64. The molecule has 0 saturated carbocycles. The predicted octanol–water partition coefficient (Wildman–Crippen LogP) is 3.80. The lowest BCUT2D eigenvalue weighted by Gasteiger charge is -2.31. The maximum Gasteiger partial charge on any atom is 0.131 e. The molecule has 2 aromatic heterocycles. The summed E-state index contributed by atoms with van der Waals surface area (Å²) in [7, 11) is 2.21. The quantitative estimate of drug-likeness (QED) is 0.550. The minimum atomic E-state index is 0.211. The van der Waals surface area contributed by atoms with Crippen LogP contribution in [0.4, 0.5) is 0 Å². The number of ether oxygens (including phenoxy) is 1. The lowest BCUT2D eigenvalue weighted by Crippen LogP contribution is -2.43. The molecule has 35 heavy (non-hydrogen) atoms. The van der Waals surface area contributed by atoms with Gasteiger partial charge in [0.2, 0.25) is 0 Å². The van der Waals surface area contributed by atoms with Gasteiger partial charge in [0, 0.05) is 44.4 Å². The van der Waals surface area contributed by atoms with E-state index < -0.39 is 0 Å². The lowest BCUT2D eigenvalue weighted by atomic mass is 9.96. The van der Waals surface area contributed by atoms with Crippen LogP contribution in [0.15, 0.2) is 41.9 Å². The third kappa shape index (κ3) is 5.66. The van der Waals surface area contributed by atoms with Crippen LogP contribution in [0, 0.1) is 5.92 Å². The molecule has 0 radical (unpaired) electrons. The fourth-order valence-corrected chi connectivity index (χ4v) is 5.25. The summed E-state index contributed by atoms with van der Waals surface area (Å²) in [6, 6.07) is 0.400. The van der Waals surface area contributed by atoms with E-state index in [0.29, 0.717) is 12.0 Å². The number of nitrogens with zero attached hydrogens (tertiary/aromatic N) is 7. The van der Waals surface area contributed by atoms with Gasteiger partial charge in [-0.3, -0.25) is 14.5 Å². The van der Waals surface area contributed by atoms with Gasteiger partial charge in [-0.05, 0) is 43.4 Å². The molecule has 0 bridgehead atoms. The Morgan fingerprint density at radius 2 is 2.09 bits per heavy atom. The number of morpholine rings is 1. The Morgan fingerprint density at radius 3 is 2.89 bits per heavy atom. The zero-order valence-corrected chi connectivity index (χ0v) is 21.4. The molecule has 3 unspecified atom stereocenters. The van der Waals surface area contributed by atoms with E-state index in [1.807, 2.05) is 17.1 Å². The van der Waals surface area contributed by atoms with Gasteiger partial charge in [0.15, 0.2) is 0 Å². The van der Waals surface area contributed by atoms with E-state index in [-0.39, 0.29) is 5.92 Å². The first-order valence-corrected chi connectivity index (χ1v) is 13.1. The van der Waals surface area contributed by atoms with Gasteiger partial charge in [0.25, 0.3) is 0 Å². The van der Waals surface area contributed by atoms with E-state index in [2.05, 4.69) is 66.0 Å². The van der Waals surface area contributed by atoms with E-state index in [4.69, 9.17) is 19.9 Å². The van der Waals surface area contributed by atoms with Crippen molar-refractivity contribution in [2.75, 3.05) is 46.6 Å². The maximum atomic E-state index is 5.47. The van der Waals surface area contributed by atoms with Gasteiger partial charge in [0.05, 0.1) is 44.0 Å². The molecular weight excluding hydrogens is 438 g/mol. The first-order chi connectivity index (χ1) is 17.1. The Balaban J connectivity index is 1.20. The SMILES string of the molecule is CCC(CCN(C)CN1CCOCC1)n1cc(C2C=Nn3c(C4=CC(C)CC=C4)cnc3C2)cn1. The van der Waals surface area contributed by atoms with Crippen LogP contribution in [0.3, 0.4) is 0 Å². The van der Waals surface area contributed by atoms with Crippen molar-refractivity contribution in [2.24, 2.45) is 11.0 Å². The second-order valence-electron chi connectivity index (χ2n) is 10.2. The van der Waals surface area contributed by atoms with E-state index in [1.54, 1.807) is 0 Å². The highest BCUT2D eigenvalue weighted by Crippen LogP contribution is 2.29. The molecule has 0 amide bonds. The highest BCUT2D eigenvalue weighted by molar-refractivity contribution is 5.75. The smallest absolute Gasteiger partial charge is 0.131 e. The monoisotopic (exact) mass is 477 g/mol. The van der Waals surface area contributed by atoms with Crippen molar-refractivity contribution < 1.29 is 4.74 Å². The topological polar surface area (TPSA) is 63.7 Å².